The van der Waals surface area contributed by atoms with Crippen LogP contribution in [0.1, 0.15) is 106 Å². The molecular formula is C32H53N5O8. The minimum Gasteiger partial charge on any atom is -0.459 e. The predicted molar refractivity (Wildman–Crippen MR) is 166 cm³/mol. The summed E-state index contributed by atoms with van der Waals surface area (Å²) in [6.07, 6.45) is 6.77. The van der Waals surface area contributed by atoms with Crippen molar-refractivity contribution in [1.82, 2.24) is 20.9 Å². The van der Waals surface area contributed by atoms with Gasteiger partial charge in [0.1, 0.15) is 24.2 Å². The second-order valence-corrected chi connectivity index (χ2v) is 14.4. The van der Waals surface area contributed by atoms with Crippen molar-refractivity contribution in [3.05, 3.63) is 0 Å². The number of Topliss-reactive ketones (excluding diaryl/α,β-unsaturated/α-hetero) is 1. The third kappa shape index (κ3) is 11.3. The van der Waals surface area contributed by atoms with Gasteiger partial charge in [-0.05, 0) is 72.1 Å². The summed E-state index contributed by atoms with van der Waals surface area (Å²) in [6, 6.07) is -3.71. The Morgan fingerprint density at radius 2 is 1.58 bits per heavy atom. The number of hydrogen-bond acceptors (Lipinski definition) is 8. The molecule has 4 atom stereocenters. The van der Waals surface area contributed by atoms with Crippen molar-refractivity contribution < 1.29 is 38.2 Å². The average molecular weight is 636 g/mol. The molecule has 0 bridgehead atoms. The number of primary amides is 1. The van der Waals surface area contributed by atoms with Gasteiger partial charge in [-0.1, -0.05) is 39.0 Å². The lowest BCUT2D eigenvalue weighted by Crippen LogP contribution is -2.59. The van der Waals surface area contributed by atoms with E-state index >= 15 is 0 Å². The van der Waals surface area contributed by atoms with E-state index in [9.17, 15) is 28.8 Å². The fraction of sp³-hybridized carbons (Fsp3) is 0.812. The second kappa shape index (κ2) is 15.4. The molecule has 45 heavy (non-hydrogen) atoms. The molecule has 0 spiro atoms. The molecule has 1 aliphatic heterocycles. The topological polar surface area (TPSA) is 186 Å². The van der Waals surface area contributed by atoms with Crippen LogP contribution in [0.2, 0.25) is 0 Å². The molecule has 13 nitrogen and oxygen atoms in total. The normalized spacial score (nSPS) is 22.2. The van der Waals surface area contributed by atoms with Crippen molar-refractivity contribution >= 4 is 35.5 Å². The number of nitrogens with one attached hydrogen (secondary N) is 3. The van der Waals surface area contributed by atoms with Gasteiger partial charge in [-0.2, -0.15) is 0 Å². The lowest BCUT2D eigenvalue weighted by atomic mass is 9.83. The monoisotopic (exact) mass is 635 g/mol. The van der Waals surface area contributed by atoms with Crippen molar-refractivity contribution in [3.63, 3.8) is 0 Å². The van der Waals surface area contributed by atoms with Gasteiger partial charge in [-0.3, -0.25) is 24.0 Å². The number of rotatable bonds is 14. The molecule has 5 N–H and O–H groups in total. The van der Waals surface area contributed by atoms with Crippen molar-refractivity contribution in [2.24, 2.45) is 17.6 Å². The number of hydrogen-bond donors (Lipinski definition) is 4. The first-order valence-corrected chi connectivity index (χ1v) is 16.4. The summed E-state index contributed by atoms with van der Waals surface area (Å²) in [5, 5.41) is 8.00. The van der Waals surface area contributed by atoms with Crippen LogP contribution in [0.25, 0.3) is 0 Å². The van der Waals surface area contributed by atoms with Gasteiger partial charge in [0.25, 0.3) is 5.91 Å². The maximum atomic E-state index is 14.3. The molecule has 3 aliphatic rings. The Balaban J connectivity index is 1.83. The molecule has 0 aromatic carbocycles. The van der Waals surface area contributed by atoms with E-state index in [0.717, 1.165) is 32.1 Å². The molecule has 3 rings (SSSR count). The molecule has 13 heteroatoms. The smallest absolute Gasteiger partial charge is 0.325 e. The Labute approximate surface area is 266 Å². The maximum Gasteiger partial charge on any atom is 0.325 e. The van der Waals surface area contributed by atoms with Crippen LogP contribution in [0, 0.1) is 11.8 Å². The number of carbonyl (C=O) groups excluding carboxylic acids is 6. The van der Waals surface area contributed by atoms with E-state index in [1.54, 1.807) is 20.8 Å². The second-order valence-electron chi connectivity index (χ2n) is 14.4. The Morgan fingerprint density at radius 1 is 0.933 bits per heavy atom. The number of likely N-dealkylation sites (tertiary alicyclic amines) is 1. The van der Waals surface area contributed by atoms with Gasteiger partial charge in [0.2, 0.25) is 17.6 Å². The number of carbonyl (C=O) groups is 6. The van der Waals surface area contributed by atoms with Crippen LogP contribution >= 0.6 is 0 Å². The summed E-state index contributed by atoms with van der Waals surface area (Å²) in [7, 11) is 0. The molecule has 3 fully saturated rings. The Bertz CT molecular complexity index is 1110. The van der Waals surface area contributed by atoms with Gasteiger partial charge in [0.05, 0.1) is 17.7 Å². The van der Waals surface area contributed by atoms with Gasteiger partial charge in [0.15, 0.2) is 0 Å². The minimum absolute atomic E-state index is 0.113. The molecular weight excluding hydrogens is 582 g/mol. The van der Waals surface area contributed by atoms with Crippen molar-refractivity contribution in [2.75, 3.05) is 13.1 Å². The number of urea groups is 1. The van der Waals surface area contributed by atoms with Gasteiger partial charge in [0, 0.05) is 13.0 Å². The fourth-order valence-corrected chi connectivity index (χ4v) is 6.02. The van der Waals surface area contributed by atoms with Gasteiger partial charge >= 0.3 is 12.0 Å². The summed E-state index contributed by atoms with van der Waals surface area (Å²) in [6.45, 7) is 10.8. The van der Waals surface area contributed by atoms with Crippen molar-refractivity contribution in [1.29, 1.82) is 0 Å². The van der Waals surface area contributed by atoms with Crippen LogP contribution in [-0.4, -0.2) is 88.9 Å². The molecule has 3 unspecified atom stereocenters. The van der Waals surface area contributed by atoms with Crippen LogP contribution in [0.5, 0.6) is 0 Å². The zero-order valence-corrected chi connectivity index (χ0v) is 27.7. The maximum absolute atomic E-state index is 14.3. The molecule has 2 aliphatic carbocycles. The zero-order chi connectivity index (χ0) is 33.5. The molecule has 1 saturated heterocycles. The number of nitrogens with two attached hydrogens (primary N) is 1. The van der Waals surface area contributed by atoms with Crippen LogP contribution in [0.3, 0.4) is 0 Å². The first kappa shape index (κ1) is 36.3. The lowest BCUT2D eigenvalue weighted by Gasteiger charge is -2.35. The predicted octanol–water partition coefficient (Wildman–Crippen LogP) is 2.09. The third-order valence-electron chi connectivity index (χ3n) is 8.81. The minimum atomic E-state index is -1.12. The Kier molecular flexibility index (Phi) is 12.4. The summed E-state index contributed by atoms with van der Waals surface area (Å²) >= 11 is 0. The lowest BCUT2D eigenvalue weighted by molar-refractivity contribution is -0.153. The van der Waals surface area contributed by atoms with E-state index in [-0.39, 0.29) is 31.3 Å². The first-order chi connectivity index (χ1) is 21.0. The summed E-state index contributed by atoms with van der Waals surface area (Å²) in [5.41, 5.74) is 4.06. The largest absolute Gasteiger partial charge is 0.459 e. The SMILES string of the molecule is CCC(C)(C)OC1C[C@@H](C(=O)NC(CC2CC2)C(=O)C(N)=O)N(C(=O)C(NC(=O)NCC(=O)OC(C)(C)C)C2CCCCC2)C1. The van der Waals surface area contributed by atoms with E-state index in [1.165, 1.54) is 4.90 Å². The quantitative estimate of drug-likeness (QED) is 0.165. The molecule has 1 heterocycles. The molecule has 0 aromatic heterocycles. The number of esters is 1. The van der Waals surface area contributed by atoms with Crippen LogP contribution in [0.15, 0.2) is 0 Å². The highest BCUT2D eigenvalue weighted by atomic mass is 16.6. The highest BCUT2D eigenvalue weighted by Crippen LogP contribution is 2.34. The summed E-state index contributed by atoms with van der Waals surface area (Å²) in [4.78, 5) is 79.1. The van der Waals surface area contributed by atoms with Gasteiger partial charge in [-0.15, -0.1) is 0 Å². The molecule has 254 valence electrons. The molecule has 2 saturated carbocycles. The molecule has 0 radical (unpaired) electrons. The van der Waals surface area contributed by atoms with E-state index in [2.05, 4.69) is 16.0 Å². The van der Waals surface area contributed by atoms with Crippen molar-refractivity contribution in [2.45, 2.75) is 141 Å². The number of nitrogens with zero attached hydrogens (tertiary/aromatic N) is 1. The summed E-state index contributed by atoms with van der Waals surface area (Å²) < 4.78 is 11.6. The molecule has 5 amide bonds. The Hall–Kier alpha value is -3.22. The van der Waals surface area contributed by atoms with Gasteiger partial charge < -0.3 is 36.1 Å². The number of ketones is 1. The average Bonchev–Trinajstić information content (AvgIpc) is 3.69. The summed E-state index contributed by atoms with van der Waals surface area (Å²) in [5.74, 6) is -3.55. The molecule has 0 aromatic rings. The fourth-order valence-electron chi connectivity index (χ4n) is 6.02. The first-order valence-electron chi connectivity index (χ1n) is 16.4. The standard InChI is InChI=1S/C32H53N5O8/c1-7-32(5,6)44-21-16-23(28(41)35-22(15-19-13-14-19)26(39)27(33)40)37(18-21)29(42)25(20-11-9-8-10-12-20)36-30(43)34-17-24(38)45-31(2,3)4/h19-23,25H,7-18H2,1-6H3,(H2,33,40)(H,35,41)(H2,34,36,43)/t21?,22?,23-,25?/m0/s1. The number of ether oxygens (including phenoxy) is 2. The van der Waals surface area contributed by atoms with E-state index in [4.69, 9.17) is 15.2 Å². The number of amides is 5. The van der Waals surface area contributed by atoms with Gasteiger partial charge in [-0.25, -0.2) is 4.79 Å². The zero-order valence-electron chi connectivity index (χ0n) is 27.7. The van der Waals surface area contributed by atoms with Crippen molar-refractivity contribution in [3.8, 4) is 0 Å². The Morgan fingerprint density at radius 3 is 2.13 bits per heavy atom. The van der Waals surface area contributed by atoms with Crippen LogP contribution in [-0.2, 0) is 33.4 Å². The van der Waals surface area contributed by atoms with E-state index in [1.807, 2.05) is 20.8 Å². The van der Waals surface area contributed by atoms with Crippen LogP contribution < -0.4 is 21.7 Å². The third-order valence-corrected chi connectivity index (χ3v) is 8.81. The highest BCUT2D eigenvalue weighted by molar-refractivity contribution is 6.37. The van der Waals surface area contributed by atoms with E-state index in [0.29, 0.717) is 25.7 Å². The van der Waals surface area contributed by atoms with E-state index < -0.39 is 70.9 Å². The van der Waals surface area contributed by atoms with Crippen LogP contribution in [0.4, 0.5) is 4.79 Å². The highest BCUT2D eigenvalue weighted by Gasteiger charge is 2.46.